The van der Waals surface area contributed by atoms with E-state index in [1.165, 1.54) is 0 Å². The molecule has 158 valence electrons. The highest BCUT2D eigenvalue weighted by atomic mass is 32.2. The van der Waals surface area contributed by atoms with Gasteiger partial charge in [0, 0.05) is 29.6 Å². The molecule has 27 heavy (non-hydrogen) atoms. The Morgan fingerprint density at radius 1 is 0.815 bits per heavy atom. The van der Waals surface area contributed by atoms with E-state index in [0.717, 1.165) is 12.8 Å². The number of thioether (sulfide) groups is 1. The molecule has 2 saturated heterocycles. The van der Waals surface area contributed by atoms with Gasteiger partial charge in [0.1, 0.15) is 0 Å². The maximum atomic E-state index is 9.77. The minimum absolute atomic E-state index is 0.0789. The SMILES string of the molecule is CCC1(CO)COC2(CC(SC)C3(CC2C)OCC(CC)(CO)CO3)OC1. The van der Waals surface area contributed by atoms with Crippen LogP contribution in [0.2, 0.25) is 0 Å². The molecule has 2 unspecified atom stereocenters. The van der Waals surface area contributed by atoms with Gasteiger partial charge in [0.25, 0.3) is 0 Å². The Bertz CT molecular complexity index is 485. The van der Waals surface area contributed by atoms with Crippen LogP contribution in [0.4, 0.5) is 0 Å². The van der Waals surface area contributed by atoms with E-state index in [1.807, 2.05) is 0 Å². The molecule has 0 radical (unpaired) electrons. The molecule has 0 aromatic rings. The smallest absolute Gasteiger partial charge is 0.180 e. The van der Waals surface area contributed by atoms with Crippen LogP contribution in [0.25, 0.3) is 0 Å². The Labute approximate surface area is 167 Å². The molecule has 0 aromatic carbocycles. The molecule has 1 aliphatic carbocycles. The summed E-state index contributed by atoms with van der Waals surface area (Å²) in [6.07, 6.45) is 5.12. The van der Waals surface area contributed by atoms with Crippen molar-refractivity contribution in [3.8, 4) is 0 Å². The molecular formula is C20H36O6S. The molecule has 2 atom stereocenters. The summed E-state index contributed by atoms with van der Waals surface area (Å²) in [6, 6.07) is 0. The average molecular weight is 405 g/mol. The Hall–Kier alpha value is 0.110. The van der Waals surface area contributed by atoms with Crippen molar-refractivity contribution >= 4 is 11.8 Å². The Balaban J connectivity index is 1.74. The van der Waals surface area contributed by atoms with Crippen LogP contribution in [0.1, 0.15) is 46.5 Å². The van der Waals surface area contributed by atoms with Gasteiger partial charge < -0.3 is 29.2 Å². The number of ether oxygens (including phenoxy) is 4. The summed E-state index contributed by atoms with van der Waals surface area (Å²) in [7, 11) is 0. The van der Waals surface area contributed by atoms with Gasteiger partial charge in [-0.3, -0.25) is 0 Å². The molecule has 2 N–H and O–H groups in total. The Morgan fingerprint density at radius 3 is 1.63 bits per heavy atom. The molecule has 6 nitrogen and oxygen atoms in total. The first-order valence-electron chi connectivity index (χ1n) is 10.2. The first kappa shape index (κ1) is 21.8. The summed E-state index contributed by atoms with van der Waals surface area (Å²) in [5.74, 6) is -1.19. The van der Waals surface area contributed by atoms with Gasteiger partial charge in [-0.05, 0) is 19.1 Å². The van der Waals surface area contributed by atoms with Crippen molar-refractivity contribution in [2.24, 2.45) is 16.7 Å². The number of hydrogen-bond acceptors (Lipinski definition) is 7. The van der Waals surface area contributed by atoms with E-state index in [9.17, 15) is 10.2 Å². The highest BCUT2D eigenvalue weighted by Crippen LogP contribution is 2.53. The molecule has 7 heteroatoms. The van der Waals surface area contributed by atoms with Gasteiger partial charge in [-0.15, -0.1) is 0 Å². The topological polar surface area (TPSA) is 77.4 Å². The lowest BCUT2D eigenvalue weighted by Crippen LogP contribution is -2.66. The standard InChI is InChI=1S/C20H36O6S/c1-5-17(9-21)11-23-19(24-12-17)8-16(27-4)20(7-15(19)3)25-13-18(6-2,10-22)14-26-20/h15-16,21-22H,5-14H2,1-4H3. The van der Waals surface area contributed by atoms with E-state index in [1.54, 1.807) is 11.8 Å². The zero-order chi connectivity index (χ0) is 19.8. The molecule has 3 aliphatic rings. The summed E-state index contributed by atoms with van der Waals surface area (Å²) in [4.78, 5) is 0. The molecule has 0 bridgehead atoms. The van der Waals surface area contributed by atoms with E-state index in [0.29, 0.717) is 39.3 Å². The maximum absolute atomic E-state index is 9.77. The van der Waals surface area contributed by atoms with Crippen molar-refractivity contribution in [2.75, 3.05) is 45.9 Å². The number of rotatable bonds is 5. The summed E-state index contributed by atoms with van der Waals surface area (Å²) in [6.45, 7) is 8.49. The number of aliphatic hydroxyl groups is 2. The van der Waals surface area contributed by atoms with Crippen molar-refractivity contribution < 1.29 is 29.2 Å². The fourth-order valence-electron chi connectivity index (χ4n) is 4.38. The molecule has 2 spiro atoms. The van der Waals surface area contributed by atoms with Crippen LogP contribution in [0, 0.1) is 16.7 Å². The fraction of sp³-hybridized carbons (Fsp3) is 1.00. The van der Waals surface area contributed by atoms with E-state index >= 15 is 0 Å². The molecule has 1 saturated carbocycles. The molecule has 3 rings (SSSR count). The van der Waals surface area contributed by atoms with E-state index in [-0.39, 0.29) is 35.2 Å². The number of hydrogen-bond donors (Lipinski definition) is 2. The summed E-state index contributed by atoms with van der Waals surface area (Å²) < 4.78 is 25.3. The fourth-order valence-corrected chi connectivity index (χ4v) is 5.37. The highest BCUT2D eigenvalue weighted by Gasteiger charge is 2.60. The molecule has 2 aliphatic heterocycles. The summed E-state index contributed by atoms with van der Waals surface area (Å²) in [5.41, 5.74) is -0.596. The van der Waals surface area contributed by atoms with Crippen LogP contribution in [-0.4, -0.2) is 72.9 Å². The van der Waals surface area contributed by atoms with E-state index in [2.05, 4.69) is 27.0 Å². The third-order valence-corrected chi connectivity index (χ3v) is 8.34. The molecule has 2 heterocycles. The average Bonchev–Trinajstić information content (AvgIpc) is 2.72. The van der Waals surface area contributed by atoms with Gasteiger partial charge in [0.15, 0.2) is 11.6 Å². The first-order chi connectivity index (χ1) is 12.9. The zero-order valence-corrected chi connectivity index (χ0v) is 18.0. The van der Waals surface area contributed by atoms with Gasteiger partial charge in [-0.2, -0.15) is 11.8 Å². The van der Waals surface area contributed by atoms with Crippen LogP contribution in [-0.2, 0) is 18.9 Å². The quantitative estimate of drug-likeness (QED) is 0.729. The van der Waals surface area contributed by atoms with Crippen LogP contribution >= 0.6 is 11.8 Å². The number of aliphatic hydroxyl groups excluding tert-OH is 2. The molecular weight excluding hydrogens is 368 g/mol. The van der Waals surface area contributed by atoms with Gasteiger partial charge >= 0.3 is 0 Å². The largest absolute Gasteiger partial charge is 0.396 e. The van der Waals surface area contributed by atoms with Crippen molar-refractivity contribution in [1.82, 2.24) is 0 Å². The monoisotopic (exact) mass is 404 g/mol. The molecule has 0 amide bonds. The van der Waals surface area contributed by atoms with E-state index in [4.69, 9.17) is 18.9 Å². The van der Waals surface area contributed by atoms with Crippen molar-refractivity contribution in [3.05, 3.63) is 0 Å². The lowest BCUT2D eigenvalue weighted by atomic mass is 9.76. The van der Waals surface area contributed by atoms with Crippen molar-refractivity contribution in [1.29, 1.82) is 0 Å². The predicted octanol–water partition coefficient (Wildman–Crippen LogP) is 2.41. The van der Waals surface area contributed by atoms with Gasteiger partial charge in [-0.1, -0.05) is 20.8 Å². The second-order valence-corrected chi connectivity index (χ2v) is 9.88. The van der Waals surface area contributed by atoms with Crippen LogP contribution in [0.5, 0.6) is 0 Å². The predicted molar refractivity (Wildman–Crippen MR) is 105 cm³/mol. The Kier molecular flexibility index (Phi) is 6.54. The second-order valence-electron chi connectivity index (χ2n) is 8.84. The minimum Gasteiger partial charge on any atom is -0.396 e. The summed E-state index contributed by atoms with van der Waals surface area (Å²) >= 11 is 1.73. The van der Waals surface area contributed by atoms with Gasteiger partial charge in [0.05, 0.1) is 44.9 Å². The van der Waals surface area contributed by atoms with Crippen molar-refractivity contribution in [3.63, 3.8) is 0 Å². The lowest BCUT2D eigenvalue weighted by Gasteiger charge is -2.58. The summed E-state index contributed by atoms with van der Waals surface area (Å²) in [5, 5.41) is 19.6. The minimum atomic E-state index is -0.652. The lowest BCUT2D eigenvalue weighted by molar-refractivity contribution is -0.384. The second kappa shape index (κ2) is 8.09. The van der Waals surface area contributed by atoms with Crippen molar-refractivity contribution in [2.45, 2.75) is 63.3 Å². The van der Waals surface area contributed by atoms with Crippen LogP contribution in [0.3, 0.4) is 0 Å². The van der Waals surface area contributed by atoms with Crippen LogP contribution in [0.15, 0.2) is 0 Å². The maximum Gasteiger partial charge on any atom is 0.180 e. The normalized spacial score (nSPS) is 48.2. The third kappa shape index (κ3) is 3.69. The van der Waals surface area contributed by atoms with E-state index < -0.39 is 11.6 Å². The van der Waals surface area contributed by atoms with Crippen LogP contribution < -0.4 is 0 Å². The molecule has 3 fully saturated rings. The first-order valence-corrected chi connectivity index (χ1v) is 11.5. The third-order valence-electron chi connectivity index (χ3n) is 7.25. The molecule has 0 aromatic heterocycles. The zero-order valence-electron chi connectivity index (χ0n) is 17.2. The Morgan fingerprint density at radius 2 is 1.26 bits per heavy atom. The van der Waals surface area contributed by atoms with Gasteiger partial charge in [-0.25, -0.2) is 0 Å². The van der Waals surface area contributed by atoms with Gasteiger partial charge in [0.2, 0.25) is 0 Å². The highest BCUT2D eigenvalue weighted by molar-refractivity contribution is 7.99.